The lowest BCUT2D eigenvalue weighted by Crippen LogP contribution is -2.42. The number of nitrogens with zero attached hydrogens (tertiary/aromatic N) is 6. The van der Waals surface area contributed by atoms with Gasteiger partial charge < -0.3 is 14.8 Å². The molecule has 2 saturated heterocycles. The van der Waals surface area contributed by atoms with E-state index in [9.17, 15) is 0 Å². The van der Waals surface area contributed by atoms with Crippen molar-refractivity contribution < 1.29 is 0 Å². The topological polar surface area (TPSA) is 61.6 Å². The summed E-state index contributed by atoms with van der Waals surface area (Å²) in [4.78, 5) is 9.93. The molecule has 0 spiro atoms. The van der Waals surface area contributed by atoms with Crippen LogP contribution in [0, 0.1) is 0 Å². The lowest BCUT2D eigenvalue weighted by Gasteiger charge is -2.25. The largest absolute Gasteiger partial charge is 0.357 e. The Morgan fingerprint density at radius 2 is 2.08 bits per heavy atom. The molecule has 1 atom stereocenters. The Kier molecular flexibility index (Phi) is 8.41. The van der Waals surface area contributed by atoms with Gasteiger partial charge in [-0.15, -0.1) is 34.2 Å². The summed E-state index contributed by atoms with van der Waals surface area (Å²) in [6.45, 7) is 11.5. The first-order valence-electron chi connectivity index (χ1n) is 9.45. The molecule has 0 aromatic carbocycles. The molecule has 8 heteroatoms. The van der Waals surface area contributed by atoms with Gasteiger partial charge in [-0.1, -0.05) is 6.92 Å². The Morgan fingerprint density at radius 1 is 1.28 bits per heavy atom. The molecule has 2 aliphatic heterocycles. The number of likely N-dealkylation sites (tertiary alicyclic amines) is 2. The number of halogens is 1. The SMILES string of the molecule is CCNC(=NCCn1cnnc1CC)N1CCC(N2CCCC2)C1.I. The number of rotatable bonds is 6. The summed E-state index contributed by atoms with van der Waals surface area (Å²) in [5, 5.41) is 11.6. The minimum Gasteiger partial charge on any atom is -0.357 e. The summed E-state index contributed by atoms with van der Waals surface area (Å²) in [6, 6.07) is 0.709. The average Bonchev–Trinajstić information content (AvgIpc) is 3.33. The van der Waals surface area contributed by atoms with Crippen molar-refractivity contribution in [2.45, 2.75) is 52.1 Å². The molecule has 3 rings (SSSR count). The monoisotopic (exact) mass is 461 g/mol. The maximum absolute atomic E-state index is 4.84. The molecule has 25 heavy (non-hydrogen) atoms. The first kappa shape index (κ1) is 20.4. The van der Waals surface area contributed by atoms with Crippen LogP contribution < -0.4 is 5.32 Å². The van der Waals surface area contributed by atoms with Crippen LogP contribution in [0.5, 0.6) is 0 Å². The van der Waals surface area contributed by atoms with Gasteiger partial charge in [-0.05, 0) is 39.3 Å². The van der Waals surface area contributed by atoms with Crippen LogP contribution in [-0.4, -0.2) is 75.8 Å². The molecule has 0 amide bonds. The van der Waals surface area contributed by atoms with Crippen molar-refractivity contribution in [3.05, 3.63) is 12.2 Å². The fourth-order valence-corrected chi connectivity index (χ4v) is 3.77. The van der Waals surface area contributed by atoms with Crippen molar-refractivity contribution in [1.29, 1.82) is 0 Å². The van der Waals surface area contributed by atoms with Crippen LogP contribution in [0.3, 0.4) is 0 Å². The summed E-state index contributed by atoms with van der Waals surface area (Å²) >= 11 is 0. The van der Waals surface area contributed by atoms with E-state index in [0.29, 0.717) is 6.04 Å². The number of aliphatic imine (C=N–C) groups is 1. The highest BCUT2D eigenvalue weighted by atomic mass is 127. The van der Waals surface area contributed by atoms with Crippen molar-refractivity contribution in [3.63, 3.8) is 0 Å². The number of hydrogen-bond acceptors (Lipinski definition) is 4. The number of aryl methyl sites for hydroxylation is 1. The van der Waals surface area contributed by atoms with Crippen molar-refractivity contribution >= 4 is 29.9 Å². The standard InChI is InChI=1S/C17H31N7.HI/c1-3-16-21-20-14-24(16)12-8-19-17(18-4-2)23-11-7-15(13-23)22-9-5-6-10-22;/h14-15H,3-13H2,1-2H3,(H,18,19);1H. The predicted molar refractivity (Wildman–Crippen MR) is 112 cm³/mol. The average molecular weight is 461 g/mol. The van der Waals surface area contributed by atoms with E-state index in [4.69, 9.17) is 4.99 Å². The maximum atomic E-state index is 4.84. The van der Waals surface area contributed by atoms with E-state index >= 15 is 0 Å². The van der Waals surface area contributed by atoms with Crippen molar-refractivity contribution in [2.75, 3.05) is 39.3 Å². The maximum Gasteiger partial charge on any atom is 0.194 e. The van der Waals surface area contributed by atoms with E-state index in [1.54, 1.807) is 6.33 Å². The Morgan fingerprint density at radius 3 is 2.80 bits per heavy atom. The van der Waals surface area contributed by atoms with Gasteiger partial charge in [-0.25, -0.2) is 0 Å². The number of hydrogen-bond donors (Lipinski definition) is 1. The van der Waals surface area contributed by atoms with Gasteiger partial charge in [0.1, 0.15) is 12.2 Å². The van der Waals surface area contributed by atoms with Crippen LogP contribution in [0.25, 0.3) is 0 Å². The second kappa shape index (κ2) is 10.3. The third-order valence-electron chi connectivity index (χ3n) is 5.07. The Bertz CT molecular complexity index is 539. The molecule has 0 radical (unpaired) electrons. The second-order valence-electron chi connectivity index (χ2n) is 6.66. The minimum absolute atomic E-state index is 0. The molecule has 0 bridgehead atoms. The van der Waals surface area contributed by atoms with Gasteiger partial charge in [0.15, 0.2) is 5.96 Å². The summed E-state index contributed by atoms with van der Waals surface area (Å²) in [7, 11) is 0. The Labute approximate surface area is 168 Å². The zero-order valence-electron chi connectivity index (χ0n) is 15.5. The summed E-state index contributed by atoms with van der Waals surface area (Å²) in [5.74, 6) is 2.09. The van der Waals surface area contributed by atoms with Crippen LogP contribution in [0.1, 0.15) is 38.9 Å². The van der Waals surface area contributed by atoms with Crippen molar-refractivity contribution in [3.8, 4) is 0 Å². The molecular weight excluding hydrogens is 429 g/mol. The zero-order valence-corrected chi connectivity index (χ0v) is 17.9. The van der Waals surface area contributed by atoms with Gasteiger partial charge in [0.05, 0.1) is 6.54 Å². The highest BCUT2D eigenvalue weighted by molar-refractivity contribution is 14.0. The normalized spacial score (nSPS) is 21.6. The Hall–Kier alpha value is -0.900. The number of guanidine groups is 1. The first-order chi connectivity index (χ1) is 11.8. The van der Waals surface area contributed by atoms with Gasteiger partial charge in [0, 0.05) is 38.6 Å². The quantitative estimate of drug-likeness (QED) is 0.396. The minimum atomic E-state index is 0. The highest BCUT2D eigenvalue weighted by Crippen LogP contribution is 2.20. The summed E-state index contributed by atoms with van der Waals surface area (Å²) < 4.78 is 2.10. The molecular formula is C17H32IN7. The first-order valence-corrected chi connectivity index (χ1v) is 9.45. The fourth-order valence-electron chi connectivity index (χ4n) is 3.77. The van der Waals surface area contributed by atoms with Gasteiger partial charge in [-0.3, -0.25) is 9.89 Å². The van der Waals surface area contributed by atoms with E-state index < -0.39 is 0 Å². The third-order valence-corrected chi connectivity index (χ3v) is 5.07. The molecule has 2 aliphatic rings. The van der Waals surface area contributed by atoms with Crippen LogP contribution in [0.2, 0.25) is 0 Å². The Balaban J connectivity index is 0.00000225. The molecule has 1 N–H and O–H groups in total. The van der Waals surface area contributed by atoms with E-state index in [0.717, 1.165) is 50.9 Å². The van der Waals surface area contributed by atoms with Gasteiger partial charge in [0.2, 0.25) is 0 Å². The van der Waals surface area contributed by atoms with E-state index in [1.165, 1.54) is 32.4 Å². The van der Waals surface area contributed by atoms with Crippen molar-refractivity contribution in [1.82, 2.24) is 29.9 Å². The molecule has 2 fully saturated rings. The lowest BCUT2D eigenvalue weighted by molar-refractivity contribution is 0.249. The molecule has 0 saturated carbocycles. The van der Waals surface area contributed by atoms with Gasteiger partial charge >= 0.3 is 0 Å². The van der Waals surface area contributed by atoms with Crippen LogP contribution in [0.15, 0.2) is 11.3 Å². The second-order valence-corrected chi connectivity index (χ2v) is 6.66. The summed E-state index contributed by atoms with van der Waals surface area (Å²) in [6.07, 6.45) is 6.70. The number of nitrogens with one attached hydrogen (secondary N) is 1. The van der Waals surface area contributed by atoms with Crippen LogP contribution in [0.4, 0.5) is 0 Å². The molecule has 7 nitrogen and oxygen atoms in total. The lowest BCUT2D eigenvalue weighted by atomic mass is 10.2. The van der Waals surface area contributed by atoms with Crippen LogP contribution in [-0.2, 0) is 13.0 Å². The smallest absolute Gasteiger partial charge is 0.194 e. The van der Waals surface area contributed by atoms with Crippen LogP contribution >= 0.6 is 24.0 Å². The molecule has 1 unspecified atom stereocenters. The number of aromatic nitrogens is 3. The highest BCUT2D eigenvalue weighted by Gasteiger charge is 2.30. The van der Waals surface area contributed by atoms with E-state index in [2.05, 4.69) is 43.7 Å². The van der Waals surface area contributed by atoms with Crippen molar-refractivity contribution in [2.24, 2.45) is 4.99 Å². The molecule has 142 valence electrons. The fraction of sp³-hybridized carbons (Fsp3) is 0.824. The third kappa shape index (κ3) is 5.29. The molecule has 1 aromatic rings. The molecule has 3 heterocycles. The summed E-state index contributed by atoms with van der Waals surface area (Å²) in [5.41, 5.74) is 0. The molecule has 1 aromatic heterocycles. The van der Waals surface area contributed by atoms with E-state index in [1.807, 2.05) is 0 Å². The van der Waals surface area contributed by atoms with E-state index in [-0.39, 0.29) is 24.0 Å². The zero-order chi connectivity index (χ0) is 16.8. The van der Waals surface area contributed by atoms with Gasteiger partial charge in [0.25, 0.3) is 0 Å². The molecule has 0 aliphatic carbocycles. The predicted octanol–water partition coefficient (Wildman–Crippen LogP) is 1.59. The van der Waals surface area contributed by atoms with Gasteiger partial charge in [-0.2, -0.15) is 0 Å².